The van der Waals surface area contributed by atoms with Crippen LogP contribution in [0, 0.1) is 0 Å². The molecule has 1 aliphatic heterocycles. The summed E-state index contributed by atoms with van der Waals surface area (Å²) >= 11 is 0. The van der Waals surface area contributed by atoms with E-state index in [0.29, 0.717) is 12.1 Å². The Hall–Kier alpha value is -3.85. The Kier molecular flexibility index (Phi) is 8.46. The number of nitrogens with zero attached hydrogens (tertiary/aromatic N) is 1. The Bertz CT molecular complexity index is 1420. The van der Waals surface area contributed by atoms with E-state index in [1.54, 1.807) is 0 Å². The van der Waals surface area contributed by atoms with Gasteiger partial charge >= 0.3 is 31.1 Å². The number of rotatable bonds is 7. The molecule has 4 rings (SSSR count). The van der Waals surface area contributed by atoms with Crippen molar-refractivity contribution >= 4 is 5.69 Å². The van der Waals surface area contributed by atoms with E-state index in [1.807, 2.05) is 0 Å². The number of ether oxygens (including phenoxy) is 2. The molecule has 234 valence electrons. The maximum absolute atomic E-state index is 13.5. The molecule has 0 unspecified atom stereocenters. The van der Waals surface area contributed by atoms with Crippen LogP contribution in [0.3, 0.4) is 0 Å². The summed E-state index contributed by atoms with van der Waals surface area (Å²) in [6.07, 6.45) is -25.6. The fourth-order valence-electron chi connectivity index (χ4n) is 4.45. The van der Waals surface area contributed by atoms with E-state index in [0.717, 1.165) is 29.2 Å². The number of hydrogen-bond acceptors (Lipinski definition) is 3. The van der Waals surface area contributed by atoms with Crippen molar-refractivity contribution in [1.29, 1.82) is 0 Å². The molecule has 3 aromatic carbocycles. The van der Waals surface area contributed by atoms with E-state index in [2.05, 4.69) is 4.74 Å². The van der Waals surface area contributed by atoms with Crippen LogP contribution in [-0.4, -0.2) is 31.9 Å². The highest BCUT2D eigenvalue weighted by Gasteiger charge is 2.44. The first-order valence-corrected chi connectivity index (χ1v) is 12.1. The molecule has 0 aliphatic carbocycles. The summed E-state index contributed by atoms with van der Waals surface area (Å²) in [6, 6.07) is 7.26. The molecule has 0 fully saturated rings. The van der Waals surface area contributed by atoms with Crippen LogP contribution in [-0.2, 0) is 12.4 Å². The molecule has 1 atom stereocenters. The van der Waals surface area contributed by atoms with E-state index < -0.39 is 79.1 Å². The van der Waals surface area contributed by atoms with Gasteiger partial charge in [0, 0.05) is 12.1 Å². The third kappa shape index (κ3) is 7.39. The second-order valence-electron chi connectivity index (χ2n) is 9.37. The summed E-state index contributed by atoms with van der Waals surface area (Å²) in [5.41, 5.74) is -4.31. The average Bonchev–Trinajstić information content (AvgIpc) is 2.89. The van der Waals surface area contributed by atoms with Gasteiger partial charge in [0.2, 0.25) is 0 Å². The van der Waals surface area contributed by atoms with Crippen molar-refractivity contribution in [3.63, 3.8) is 0 Å². The highest BCUT2D eigenvalue weighted by atomic mass is 19.4. The summed E-state index contributed by atoms with van der Waals surface area (Å²) in [7, 11) is 0. The predicted molar refractivity (Wildman–Crippen MR) is 126 cm³/mol. The summed E-state index contributed by atoms with van der Waals surface area (Å²) in [5, 5.41) is 0. The smallest absolute Gasteiger partial charge is 0.461 e. The Balaban J connectivity index is 1.82. The summed E-state index contributed by atoms with van der Waals surface area (Å²) in [6.45, 7) is -1.36. The fourth-order valence-corrected chi connectivity index (χ4v) is 4.45. The molecular weight excluding hydrogens is 617 g/mol. The van der Waals surface area contributed by atoms with Gasteiger partial charge in [-0.1, -0.05) is 24.3 Å². The molecule has 0 bridgehead atoms. The normalized spacial score (nSPS) is 16.2. The second-order valence-corrected chi connectivity index (χ2v) is 9.37. The number of halogens is 13. The first-order valence-electron chi connectivity index (χ1n) is 12.1. The second kappa shape index (κ2) is 11.3. The minimum atomic E-state index is -5.18. The molecule has 0 saturated heterocycles. The Morgan fingerprint density at radius 2 is 1.40 bits per heavy atom. The molecule has 3 aromatic rings. The van der Waals surface area contributed by atoms with E-state index in [9.17, 15) is 57.1 Å². The maximum atomic E-state index is 13.5. The third-order valence-electron chi connectivity index (χ3n) is 6.35. The molecular formula is C27H18F13NO2. The van der Waals surface area contributed by atoms with Crippen LogP contribution in [0.15, 0.2) is 60.7 Å². The molecule has 0 N–H and O–H groups in total. The van der Waals surface area contributed by atoms with Crippen molar-refractivity contribution in [3.8, 4) is 22.6 Å². The van der Waals surface area contributed by atoms with Gasteiger partial charge in [0.05, 0.1) is 29.3 Å². The minimum absolute atomic E-state index is 0.0146. The van der Waals surface area contributed by atoms with Crippen LogP contribution < -0.4 is 14.4 Å². The van der Waals surface area contributed by atoms with Crippen molar-refractivity contribution in [2.45, 2.75) is 43.5 Å². The first kappa shape index (κ1) is 32.1. The molecule has 0 radical (unpaired) electrons. The SMILES string of the molecule is FC(F)C(F)(F)Oc1cccc([C@H]2COc3c(-c4cc(C(F)(F)F)cc(C(F)(F)F)c4)cccc3N2CCC(F)(F)F)c1. The molecule has 0 aromatic heterocycles. The standard InChI is InChI=1S/C27H18F13NO2/c28-23(29)27(39,40)43-18-4-1-3-14(11-18)21-13-42-22-19(5-2-6-20(22)41(21)8-7-24(30,31)32)15-9-16(25(33,34)35)12-17(10-15)26(36,37)38/h1-6,9-12,21,23H,7-8,13H2/t21-/m1/s1. The van der Waals surface area contributed by atoms with Gasteiger partial charge in [-0.25, -0.2) is 0 Å². The van der Waals surface area contributed by atoms with Crippen LogP contribution in [0.2, 0.25) is 0 Å². The van der Waals surface area contributed by atoms with Crippen LogP contribution in [0.25, 0.3) is 11.1 Å². The lowest BCUT2D eigenvalue weighted by Crippen LogP contribution is -2.39. The van der Waals surface area contributed by atoms with Crippen molar-refractivity contribution in [3.05, 3.63) is 77.4 Å². The van der Waals surface area contributed by atoms with Gasteiger partial charge in [0.15, 0.2) is 5.75 Å². The molecule has 0 spiro atoms. The summed E-state index contributed by atoms with van der Waals surface area (Å²) < 4.78 is 182. The molecule has 1 heterocycles. The van der Waals surface area contributed by atoms with E-state index in [-0.39, 0.29) is 28.6 Å². The van der Waals surface area contributed by atoms with Crippen molar-refractivity contribution < 1.29 is 66.5 Å². The monoisotopic (exact) mass is 635 g/mol. The van der Waals surface area contributed by atoms with E-state index in [1.165, 1.54) is 18.2 Å². The highest BCUT2D eigenvalue weighted by molar-refractivity contribution is 5.80. The summed E-state index contributed by atoms with van der Waals surface area (Å²) in [5.74, 6) is -1.08. The van der Waals surface area contributed by atoms with Crippen LogP contribution >= 0.6 is 0 Å². The van der Waals surface area contributed by atoms with Gasteiger partial charge in [-0.15, -0.1) is 0 Å². The Morgan fingerprint density at radius 3 is 1.95 bits per heavy atom. The van der Waals surface area contributed by atoms with Gasteiger partial charge < -0.3 is 14.4 Å². The zero-order valence-electron chi connectivity index (χ0n) is 21.2. The zero-order valence-corrected chi connectivity index (χ0v) is 21.2. The fraction of sp³-hybridized carbons (Fsp3) is 0.333. The number of benzene rings is 3. The number of alkyl halides is 13. The topological polar surface area (TPSA) is 21.7 Å². The average molecular weight is 635 g/mol. The highest BCUT2D eigenvalue weighted by Crippen LogP contribution is 2.48. The van der Waals surface area contributed by atoms with Crippen LogP contribution in [0.1, 0.15) is 29.2 Å². The molecule has 43 heavy (non-hydrogen) atoms. The molecule has 0 saturated carbocycles. The lowest BCUT2D eigenvalue weighted by molar-refractivity contribution is -0.253. The lowest BCUT2D eigenvalue weighted by atomic mass is 9.95. The largest absolute Gasteiger partial charge is 0.488 e. The molecule has 0 amide bonds. The molecule has 1 aliphatic rings. The van der Waals surface area contributed by atoms with Gasteiger partial charge in [-0.05, 0) is 47.5 Å². The lowest BCUT2D eigenvalue weighted by Gasteiger charge is -2.40. The number of hydrogen-bond donors (Lipinski definition) is 0. The summed E-state index contributed by atoms with van der Waals surface area (Å²) in [4.78, 5) is 1.08. The van der Waals surface area contributed by atoms with Crippen LogP contribution in [0.5, 0.6) is 11.5 Å². The Labute approximate surface area is 234 Å². The van der Waals surface area contributed by atoms with Crippen molar-refractivity contribution in [1.82, 2.24) is 0 Å². The quantitative estimate of drug-likeness (QED) is 0.242. The number of fused-ring (bicyclic) bond motifs is 1. The maximum Gasteiger partial charge on any atom is 0.461 e. The van der Waals surface area contributed by atoms with E-state index >= 15 is 0 Å². The van der Waals surface area contributed by atoms with Gasteiger partial charge in [-0.3, -0.25) is 0 Å². The van der Waals surface area contributed by atoms with Crippen LogP contribution in [0.4, 0.5) is 62.8 Å². The predicted octanol–water partition coefficient (Wildman–Crippen LogP) is 9.52. The van der Waals surface area contributed by atoms with Gasteiger partial charge in [0.25, 0.3) is 0 Å². The third-order valence-corrected chi connectivity index (χ3v) is 6.35. The van der Waals surface area contributed by atoms with Crippen molar-refractivity contribution in [2.24, 2.45) is 0 Å². The first-order chi connectivity index (χ1) is 19.8. The van der Waals surface area contributed by atoms with Gasteiger partial charge in [0.1, 0.15) is 12.4 Å². The minimum Gasteiger partial charge on any atom is -0.488 e. The molecule has 16 heteroatoms. The molecule has 3 nitrogen and oxygen atoms in total. The number of anilines is 1. The van der Waals surface area contributed by atoms with E-state index in [4.69, 9.17) is 4.74 Å². The van der Waals surface area contributed by atoms with Crippen molar-refractivity contribution in [2.75, 3.05) is 18.1 Å². The van der Waals surface area contributed by atoms with Gasteiger partial charge in [-0.2, -0.15) is 57.1 Å². The zero-order chi connectivity index (χ0) is 32.0. The number of para-hydroxylation sites is 1. The Morgan fingerprint density at radius 1 is 0.791 bits per heavy atom.